The van der Waals surface area contributed by atoms with Crippen LogP contribution in [-0.2, 0) is 11.4 Å². The van der Waals surface area contributed by atoms with Crippen molar-refractivity contribution < 1.29 is 9.90 Å². The fourth-order valence-electron chi connectivity index (χ4n) is 1.25. The number of anilines is 1. The van der Waals surface area contributed by atoms with Gasteiger partial charge in [0.2, 0.25) is 5.91 Å². The maximum absolute atomic E-state index is 11.5. The summed E-state index contributed by atoms with van der Waals surface area (Å²) < 4.78 is 0. The maximum Gasteiger partial charge on any atom is 0.238 e. The molecule has 4 nitrogen and oxygen atoms in total. The van der Waals surface area contributed by atoms with Crippen LogP contribution in [0.2, 0.25) is 0 Å². The lowest BCUT2D eigenvalue weighted by atomic mass is 10.2. The summed E-state index contributed by atoms with van der Waals surface area (Å²) in [5.74, 6) is -0.0798. The van der Waals surface area contributed by atoms with E-state index in [0.29, 0.717) is 12.2 Å². The lowest BCUT2D eigenvalue weighted by Gasteiger charge is -2.09. The van der Waals surface area contributed by atoms with Crippen molar-refractivity contribution in [1.29, 1.82) is 0 Å². The number of carbonyl (C=O) groups is 1. The molecule has 0 radical (unpaired) electrons. The van der Waals surface area contributed by atoms with E-state index in [2.05, 4.69) is 10.6 Å². The third-order valence-corrected chi connectivity index (χ3v) is 2.06. The number of rotatable bonds is 5. The van der Waals surface area contributed by atoms with Crippen LogP contribution in [0.1, 0.15) is 19.4 Å². The van der Waals surface area contributed by atoms with Crippen LogP contribution in [0.15, 0.2) is 24.3 Å². The van der Waals surface area contributed by atoms with Crippen molar-refractivity contribution in [2.75, 3.05) is 11.9 Å². The van der Waals surface area contributed by atoms with Crippen molar-refractivity contribution >= 4 is 11.6 Å². The highest BCUT2D eigenvalue weighted by Gasteiger charge is 2.03. The first-order chi connectivity index (χ1) is 7.61. The van der Waals surface area contributed by atoms with Gasteiger partial charge in [0.1, 0.15) is 0 Å². The molecule has 1 amide bonds. The molecule has 1 aromatic rings. The van der Waals surface area contributed by atoms with Gasteiger partial charge in [0, 0.05) is 11.7 Å². The van der Waals surface area contributed by atoms with Crippen LogP contribution in [0.4, 0.5) is 5.69 Å². The number of hydrogen-bond acceptors (Lipinski definition) is 3. The van der Waals surface area contributed by atoms with Crippen LogP contribution in [0.5, 0.6) is 0 Å². The molecule has 0 bridgehead atoms. The van der Waals surface area contributed by atoms with Gasteiger partial charge >= 0.3 is 0 Å². The normalized spacial score (nSPS) is 10.5. The molecule has 4 heteroatoms. The molecule has 0 saturated heterocycles. The fourth-order valence-corrected chi connectivity index (χ4v) is 1.25. The van der Waals surface area contributed by atoms with Gasteiger partial charge < -0.3 is 15.7 Å². The molecule has 0 aliphatic carbocycles. The zero-order valence-electron chi connectivity index (χ0n) is 9.66. The molecule has 0 saturated carbocycles. The highest BCUT2D eigenvalue weighted by molar-refractivity contribution is 5.92. The molecule has 0 atom stereocenters. The minimum absolute atomic E-state index is 0.0199. The van der Waals surface area contributed by atoms with Crippen LogP contribution >= 0.6 is 0 Å². The van der Waals surface area contributed by atoms with Gasteiger partial charge in [-0.1, -0.05) is 26.0 Å². The van der Waals surface area contributed by atoms with E-state index in [-0.39, 0.29) is 18.6 Å². The van der Waals surface area contributed by atoms with Crippen LogP contribution < -0.4 is 10.6 Å². The Morgan fingerprint density at radius 1 is 1.44 bits per heavy atom. The van der Waals surface area contributed by atoms with Crippen molar-refractivity contribution in [2.45, 2.75) is 26.5 Å². The summed E-state index contributed by atoms with van der Waals surface area (Å²) in [7, 11) is 0. The van der Waals surface area contributed by atoms with Crippen molar-refractivity contribution in [3.63, 3.8) is 0 Å². The average molecular weight is 222 g/mol. The largest absolute Gasteiger partial charge is 0.392 e. The summed E-state index contributed by atoms with van der Waals surface area (Å²) in [6.07, 6.45) is 0. The molecule has 0 aromatic heterocycles. The van der Waals surface area contributed by atoms with Gasteiger partial charge in [-0.15, -0.1) is 0 Å². The number of aliphatic hydroxyl groups excluding tert-OH is 1. The Kier molecular flexibility index (Phi) is 4.95. The Balaban J connectivity index is 2.49. The summed E-state index contributed by atoms with van der Waals surface area (Å²) >= 11 is 0. The van der Waals surface area contributed by atoms with Gasteiger partial charge in [0.25, 0.3) is 0 Å². The smallest absolute Gasteiger partial charge is 0.238 e. The van der Waals surface area contributed by atoms with Crippen LogP contribution in [0.3, 0.4) is 0 Å². The number of nitrogens with one attached hydrogen (secondary N) is 2. The van der Waals surface area contributed by atoms with Gasteiger partial charge in [-0.3, -0.25) is 4.79 Å². The Bertz CT molecular complexity index is 351. The first-order valence-electron chi connectivity index (χ1n) is 5.35. The monoisotopic (exact) mass is 222 g/mol. The van der Waals surface area contributed by atoms with Gasteiger partial charge in [-0.05, 0) is 17.7 Å². The van der Waals surface area contributed by atoms with Gasteiger partial charge in [0.15, 0.2) is 0 Å². The first-order valence-corrected chi connectivity index (χ1v) is 5.35. The minimum Gasteiger partial charge on any atom is -0.392 e. The second-order valence-corrected chi connectivity index (χ2v) is 3.94. The first kappa shape index (κ1) is 12.7. The van der Waals surface area contributed by atoms with E-state index in [9.17, 15) is 4.79 Å². The number of carbonyl (C=O) groups excluding carboxylic acids is 1. The van der Waals surface area contributed by atoms with E-state index in [1.54, 1.807) is 18.2 Å². The molecular weight excluding hydrogens is 204 g/mol. The van der Waals surface area contributed by atoms with E-state index in [1.165, 1.54) is 0 Å². The Labute approximate surface area is 95.7 Å². The molecule has 0 aliphatic rings. The molecule has 0 unspecified atom stereocenters. The third-order valence-electron chi connectivity index (χ3n) is 2.06. The van der Waals surface area contributed by atoms with Crippen molar-refractivity contribution in [3.05, 3.63) is 29.8 Å². The number of hydrogen-bond donors (Lipinski definition) is 3. The summed E-state index contributed by atoms with van der Waals surface area (Å²) in [6.45, 7) is 4.24. The molecule has 3 N–H and O–H groups in total. The van der Waals surface area contributed by atoms with Gasteiger partial charge in [-0.25, -0.2) is 0 Å². The summed E-state index contributed by atoms with van der Waals surface area (Å²) in [6, 6.07) is 7.45. The lowest BCUT2D eigenvalue weighted by molar-refractivity contribution is -0.115. The number of aliphatic hydroxyl groups is 1. The number of benzene rings is 1. The zero-order chi connectivity index (χ0) is 12.0. The highest BCUT2D eigenvalue weighted by Crippen LogP contribution is 2.10. The third kappa shape index (κ3) is 4.42. The van der Waals surface area contributed by atoms with E-state index in [1.807, 2.05) is 19.9 Å². The SMILES string of the molecule is CC(C)NCC(=O)Nc1cccc(CO)c1. The lowest BCUT2D eigenvalue weighted by Crippen LogP contribution is -2.32. The maximum atomic E-state index is 11.5. The quantitative estimate of drug-likeness (QED) is 0.699. The number of amides is 1. The molecule has 0 spiro atoms. The standard InChI is InChI=1S/C12H18N2O2/c1-9(2)13-7-12(16)14-11-5-3-4-10(6-11)8-15/h3-6,9,13,15H,7-8H2,1-2H3,(H,14,16). The average Bonchev–Trinajstić information content (AvgIpc) is 2.26. The van der Waals surface area contributed by atoms with Crippen LogP contribution in [-0.4, -0.2) is 23.6 Å². The van der Waals surface area contributed by atoms with E-state index >= 15 is 0 Å². The van der Waals surface area contributed by atoms with E-state index < -0.39 is 0 Å². The topological polar surface area (TPSA) is 61.4 Å². The van der Waals surface area contributed by atoms with E-state index in [0.717, 1.165) is 5.56 Å². The molecule has 0 heterocycles. The Hall–Kier alpha value is -1.39. The molecule has 0 aliphatic heterocycles. The Morgan fingerprint density at radius 3 is 2.81 bits per heavy atom. The summed E-state index contributed by atoms with van der Waals surface area (Å²) in [4.78, 5) is 11.5. The Morgan fingerprint density at radius 2 is 2.19 bits per heavy atom. The van der Waals surface area contributed by atoms with Gasteiger partial charge in [-0.2, -0.15) is 0 Å². The molecule has 1 rings (SSSR count). The minimum atomic E-state index is -0.0798. The molecule has 1 aromatic carbocycles. The summed E-state index contributed by atoms with van der Waals surface area (Å²) in [5.41, 5.74) is 1.50. The van der Waals surface area contributed by atoms with Gasteiger partial charge in [0.05, 0.1) is 13.2 Å². The molecular formula is C12H18N2O2. The second-order valence-electron chi connectivity index (χ2n) is 3.94. The van der Waals surface area contributed by atoms with Crippen molar-refractivity contribution in [3.8, 4) is 0 Å². The van der Waals surface area contributed by atoms with E-state index in [4.69, 9.17) is 5.11 Å². The fraction of sp³-hybridized carbons (Fsp3) is 0.417. The molecule has 16 heavy (non-hydrogen) atoms. The highest BCUT2D eigenvalue weighted by atomic mass is 16.3. The van der Waals surface area contributed by atoms with Crippen LogP contribution in [0.25, 0.3) is 0 Å². The molecule has 0 fully saturated rings. The molecule has 88 valence electrons. The van der Waals surface area contributed by atoms with Crippen molar-refractivity contribution in [2.24, 2.45) is 0 Å². The predicted molar refractivity (Wildman–Crippen MR) is 64.1 cm³/mol. The predicted octanol–water partition coefficient (Wildman–Crippen LogP) is 1.12. The zero-order valence-corrected chi connectivity index (χ0v) is 9.66. The second kappa shape index (κ2) is 6.25. The van der Waals surface area contributed by atoms with Crippen LogP contribution in [0, 0.1) is 0 Å². The summed E-state index contributed by atoms with van der Waals surface area (Å²) in [5, 5.41) is 14.7. The van der Waals surface area contributed by atoms with Crippen molar-refractivity contribution in [1.82, 2.24) is 5.32 Å².